The van der Waals surface area contributed by atoms with Crippen molar-refractivity contribution >= 4 is 50.6 Å². The Morgan fingerprint density at radius 1 is 1.22 bits per heavy atom. The second-order valence-electron chi connectivity index (χ2n) is 8.13. The van der Waals surface area contributed by atoms with Crippen LogP contribution in [-0.2, 0) is 13.0 Å². The predicted octanol–water partition coefficient (Wildman–Crippen LogP) is 5.93. The molecule has 0 atom stereocenters. The molecule has 4 aromatic rings. The Labute approximate surface area is 226 Å². The molecule has 0 aliphatic carbocycles. The van der Waals surface area contributed by atoms with Crippen LogP contribution in [0.15, 0.2) is 69.0 Å². The van der Waals surface area contributed by atoms with E-state index in [0.29, 0.717) is 45.8 Å². The summed E-state index contributed by atoms with van der Waals surface area (Å²) in [6.45, 7) is 2.10. The van der Waals surface area contributed by atoms with Crippen LogP contribution in [0.1, 0.15) is 40.7 Å². The Bertz CT molecular complexity index is 1570. The Hall–Kier alpha value is -3.69. The van der Waals surface area contributed by atoms with Gasteiger partial charge in [-0.1, -0.05) is 46.6 Å². The van der Waals surface area contributed by atoms with Gasteiger partial charge in [0.25, 0.3) is 5.56 Å². The van der Waals surface area contributed by atoms with Crippen molar-refractivity contribution in [2.24, 2.45) is 5.10 Å². The summed E-state index contributed by atoms with van der Waals surface area (Å²) in [4.78, 5) is 29.1. The first-order valence-electron chi connectivity index (χ1n) is 11.4. The van der Waals surface area contributed by atoms with Crippen molar-refractivity contribution in [3.8, 4) is 11.5 Å². The molecule has 37 heavy (non-hydrogen) atoms. The van der Waals surface area contributed by atoms with E-state index in [2.05, 4.69) is 26.0 Å². The maximum atomic E-state index is 13.2. The summed E-state index contributed by atoms with van der Waals surface area (Å²) < 4.78 is 13.4. The minimum Gasteiger partial charge on any atom is -0.493 e. The van der Waals surface area contributed by atoms with Gasteiger partial charge in [0.1, 0.15) is 12.4 Å². The van der Waals surface area contributed by atoms with Gasteiger partial charge in [0.15, 0.2) is 11.5 Å². The molecule has 4 rings (SSSR count). The summed E-state index contributed by atoms with van der Waals surface area (Å²) in [5.41, 5.74) is 1.77. The van der Waals surface area contributed by atoms with Crippen LogP contribution in [0.4, 0.5) is 0 Å². The highest BCUT2D eigenvalue weighted by molar-refractivity contribution is 9.10. The Morgan fingerprint density at radius 3 is 2.76 bits per heavy atom. The molecule has 0 unspecified atom stereocenters. The Morgan fingerprint density at radius 2 is 2.03 bits per heavy atom. The van der Waals surface area contributed by atoms with Gasteiger partial charge in [0.2, 0.25) is 0 Å². The number of aromatic nitrogens is 2. The van der Waals surface area contributed by atoms with Crippen LogP contribution >= 0.6 is 27.5 Å². The fourth-order valence-corrected chi connectivity index (χ4v) is 4.36. The molecule has 0 radical (unpaired) electrons. The third-order valence-corrected chi connectivity index (χ3v) is 6.25. The number of fused-ring (bicyclic) bond motifs is 1. The number of halogens is 2. The van der Waals surface area contributed by atoms with E-state index in [1.165, 1.54) is 30.1 Å². The van der Waals surface area contributed by atoms with Gasteiger partial charge in [-0.25, -0.2) is 9.78 Å². The second kappa shape index (κ2) is 11.6. The maximum absolute atomic E-state index is 13.2. The summed E-state index contributed by atoms with van der Waals surface area (Å²) >= 11 is 9.91. The number of carboxylic acid groups (broad SMARTS) is 1. The molecule has 0 spiro atoms. The van der Waals surface area contributed by atoms with Gasteiger partial charge in [0.05, 0.1) is 34.8 Å². The summed E-state index contributed by atoms with van der Waals surface area (Å²) in [6.07, 6.45) is 2.89. The van der Waals surface area contributed by atoms with Crippen molar-refractivity contribution in [3.05, 3.63) is 97.0 Å². The average Bonchev–Trinajstić information content (AvgIpc) is 2.88. The van der Waals surface area contributed by atoms with Gasteiger partial charge in [-0.15, -0.1) is 0 Å². The number of rotatable bonds is 9. The number of aromatic carboxylic acids is 1. The number of carboxylic acids is 1. The van der Waals surface area contributed by atoms with Crippen molar-refractivity contribution in [1.82, 2.24) is 9.66 Å². The Kier molecular flexibility index (Phi) is 8.25. The number of hydrogen-bond acceptors (Lipinski definition) is 6. The molecular weight excluding hydrogens is 562 g/mol. The quantitative estimate of drug-likeness (QED) is 0.245. The molecular formula is C27H23BrClN3O5. The summed E-state index contributed by atoms with van der Waals surface area (Å²) in [6, 6.07) is 15.2. The second-order valence-corrected chi connectivity index (χ2v) is 9.45. The lowest BCUT2D eigenvalue weighted by molar-refractivity contribution is 0.0696. The first kappa shape index (κ1) is 26.4. The summed E-state index contributed by atoms with van der Waals surface area (Å²) in [5.74, 6) is 0.213. The lowest BCUT2D eigenvalue weighted by Gasteiger charge is -2.14. The fraction of sp³-hybridized carbons (Fsp3) is 0.185. The number of benzene rings is 3. The molecule has 0 fully saturated rings. The number of aryl methyl sites for hydroxylation is 1. The van der Waals surface area contributed by atoms with Crippen molar-refractivity contribution in [1.29, 1.82) is 0 Å². The van der Waals surface area contributed by atoms with Gasteiger partial charge in [-0.2, -0.15) is 9.78 Å². The molecule has 0 saturated heterocycles. The molecule has 0 saturated carbocycles. The van der Waals surface area contributed by atoms with Crippen LogP contribution < -0.4 is 15.0 Å². The normalized spacial score (nSPS) is 11.2. The molecule has 1 N–H and O–H groups in total. The zero-order valence-corrected chi connectivity index (χ0v) is 22.4. The standard InChI is InChI=1S/C27H23BrClN3O5/c1-3-5-24-31-22-9-8-19(28)13-20(22)26(33)32(24)30-14-17-11-21(29)25(23(12-17)36-2)37-15-16-6-4-7-18(10-16)27(34)35/h4,6-14H,3,5,15H2,1-2H3,(H,34,35). The van der Waals surface area contributed by atoms with E-state index in [0.717, 1.165) is 10.9 Å². The molecule has 10 heteroatoms. The summed E-state index contributed by atoms with van der Waals surface area (Å²) in [7, 11) is 1.49. The topological polar surface area (TPSA) is 103 Å². The fourth-order valence-electron chi connectivity index (χ4n) is 3.73. The van der Waals surface area contributed by atoms with Gasteiger partial charge < -0.3 is 14.6 Å². The monoisotopic (exact) mass is 583 g/mol. The zero-order valence-electron chi connectivity index (χ0n) is 20.1. The molecule has 0 aliphatic rings. The van der Waals surface area contributed by atoms with Gasteiger partial charge >= 0.3 is 5.97 Å². The lowest BCUT2D eigenvalue weighted by Crippen LogP contribution is -2.22. The van der Waals surface area contributed by atoms with Crippen LogP contribution in [0.5, 0.6) is 11.5 Å². The van der Waals surface area contributed by atoms with E-state index >= 15 is 0 Å². The van der Waals surface area contributed by atoms with Crippen LogP contribution in [0.2, 0.25) is 5.02 Å². The molecule has 0 amide bonds. The van der Waals surface area contributed by atoms with Gasteiger partial charge in [0, 0.05) is 10.9 Å². The van der Waals surface area contributed by atoms with Crippen molar-refractivity contribution < 1.29 is 19.4 Å². The maximum Gasteiger partial charge on any atom is 0.335 e. The molecule has 0 bridgehead atoms. The number of hydrogen-bond donors (Lipinski definition) is 1. The van der Waals surface area contributed by atoms with Crippen molar-refractivity contribution in [2.75, 3.05) is 7.11 Å². The number of methoxy groups -OCH3 is 1. The molecule has 1 heterocycles. The number of ether oxygens (including phenoxy) is 2. The summed E-state index contributed by atoms with van der Waals surface area (Å²) in [5, 5.41) is 14.4. The molecule has 1 aromatic heterocycles. The van der Waals surface area contributed by atoms with E-state index in [1.807, 2.05) is 13.0 Å². The first-order chi connectivity index (χ1) is 17.8. The van der Waals surface area contributed by atoms with Gasteiger partial charge in [-0.3, -0.25) is 4.79 Å². The van der Waals surface area contributed by atoms with E-state index < -0.39 is 5.97 Å². The van der Waals surface area contributed by atoms with Crippen molar-refractivity contribution in [2.45, 2.75) is 26.4 Å². The van der Waals surface area contributed by atoms with E-state index in [-0.39, 0.29) is 22.8 Å². The number of carbonyl (C=O) groups is 1. The molecule has 190 valence electrons. The highest BCUT2D eigenvalue weighted by Crippen LogP contribution is 2.36. The molecule has 8 nitrogen and oxygen atoms in total. The minimum absolute atomic E-state index is 0.0960. The SMILES string of the molecule is CCCc1nc2ccc(Br)cc2c(=O)n1N=Cc1cc(Cl)c(OCc2cccc(C(=O)O)c2)c(OC)c1. The predicted molar refractivity (Wildman–Crippen MR) is 146 cm³/mol. The third-order valence-electron chi connectivity index (χ3n) is 5.48. The minimum atomic E-state index is -1.02. The van der Waals surface area contributed by atoms with E-state index in [1.54, 1.807) is 36.4 Å². The van der Waals surface area contributed by atoms with Crippen LogP contribution in [0.3, 0.4) is 0 Å². The van der Waals surface area contributed by atoms with Crippen LogP contribution in [-0.4, -0.2) is 34.1 Å². The molecule has 0 aliphatic heterocycles. The largest absolute Gasteiger partial charge is 0.493 e. The third kappa shape index (κ3) is 6.00. The van der Waals surface area contributed by atoms with Crippen molar-refractivity contribution in [3.63, 3.8) is 0 Å². The van der Waals surface area contributed by atoms with Crippen LogP contribution in [0.25, 0.3) is 10.9 Å². The highest BCUT2D eigenvalue weighted by atomic mass is 79.9. The zero-order chi connectivity index (χ0) is 26.5. The number of nitrogens with zero attached hydrogens (tertiary/aromatic N) is 3. The van der Waals surface area contributed by atoms with E-state index in [4.69, 9.17) is 21.1 Å². The average molecular weight is 585 g/mol. The van der Waals surface area contributed by atoms with Gasteiger partial charge in [-0.05, 0) is 60.0 Å². The Balaban J connectivity index is 1.65. The first-order valence-corrected chi connectivity index (χ1v) is 12.6. The van der Waals surface area contributed by atoms with E-state index in [9.17, 15) is 14.7 Å². The highest BCUT2D eigenvalue weighted by Gasteiger charge is 2.14. The lowest BCUT2D eigenvalue weighted by atomic mass is 10.1. The van der Waals surface area contributed by atoms with Crippen LogP contribution in [0, 0.1) is 0 Å². The molecule has 3 aromatic carbocycles. The smallest absolute Gasteiger partial charge is 0.335 e.